The molecule has 0 saturated heterocycles. The van der Waals surface area contributed by atoms with Crippen molar-refractivity contribution in [2.24, 2.45) is 10.2 Å². The SMILES string of the molecule is Nc1ncnc(Nc2ccccc2N=Nc2c(N)ccc3cccc(O)c23)n1. The number of azo groups is 1. The van der Waals surface area contributed by atoms with E-state index in [1.165, 1.54) is 6.33 Å². The molecule has 1 aromatic heterocycles. The standard InChI is InChI=1S/C19H16N8O/c20-12-9-8-11-4-3-7-15(28)16(11)17(12)27-26-14-6-2-1-5-13(14)24-19-23-10-22-18(21)25-19/h1-10,28H,20H2,(H3,21,22,23,24,25). The van der Waals surface area contributed by atoms with Crippen molar-refractivity contribution in [1.29, 1.82) is 0 Å². The van der Waals surface area contributed by atoms with Crippen molar-refractivity contribution < 1.29 is 5.11 Å². The Morgan fingerprint density at radius 2 is 1.75 bits per heavy atom. The third kappa shape index (κ3) is 3.36. The van der Waals surface area contributed by atoms with Gasteiger partial charge in [-0.2, -0.15) is 4.98 Å². The number of aromatic hydroxyl groups is 1. The summed E-state index contributed by atoms with van der Waals surface area (Å²) in [5.41, 5.74) is 13.6. The van der Waals surface area contributed by atoms with E-state index in [0.717, 1.165) is 5.39 Å². The number of nitrogens with two attached hydrogens (primary N) is 2. The Balaban J connectivity index is 1.74. The van der Waals surface area contributed by atoms with Gasteiger partial charge in [0.25, 0.3) is 0 Å². The second kappa shape index (κ2) is 7.16. The molecular weight excluding hydrogens is 356 g/mol. The number of nitrogens with one attached hydrogen (secondary N) is 1. The molecule has 3 aromatic carbocycles. The number of aromatic nitrogens is 3. The fourth-order valence-electron chi connectivity index (χ4n) is 2.72. The van der Waals surface area contributed by atoms with E-state index in [2.05, 4.69) is 30.5 Å². The number of anilines is 4. The maximum atomic E-state index is 10.2. The third-order valence-electron chi connectivity index (χ3n) is 4.03. The number of fused-ring (bicyclic) bond motifs is 1. The maximum absolute atomic E-state index is 10.2. The number of phenols is 1. The predicted molar refractivity (Wildman–Crippen MR) is 108 cm³/mol. The molecule has 0 fully saturated rings. The van der Waals surface area contributed by atoms with Crippen LogP contribution in [0.25, 0.3) is 10.8 Å². The van der Waals surface area contributed by atoms with Crippen LogP contribution in [0.5, 0.6) is 5.75 Å². The molecule has 28 heavy (non-hydrogen) atoms. The summed E-state index contributed by atoms with van der Waals surface area (Å²) in [5, 5.41) is 23.3. The molecule has 0 atom stereocenters. The monoisotopic (exact) mass is 372 g/mol. The second-order valence-electron chi connectivity index (χ2n) is 5.89. The fourth-order valence-corrected chi connectivity index (χ4v) is 2.72. The molecule has 4 aromatic rings. The second-order valence-corrected chi connectivity index (χ2v) is 5.89. The summed E-state index contributed by atoms with van der Waals surface area (Å²) in [7, 11) is 0. The van der Waals surface area contributed by atoms with E-state index in [0.29, 0.717) is 28.1 Å². The van der Waals surface area contributed by atoms with Gasteiger partial charge in [0.2, 0.25) is 11.9 Å². The van der Waals surface area contributed by atoms with Gasteiger partial charge in [-0.05, 0) is 29.7 Å². The summed E-state index contributed by atoms with van der Waals surface area (Å²) in [6.07, 6.45) is 1.31. The molecule has 0 aliphatic rings. The fraction of sp³-hybridized carbons (Fsp3) is 0. The Kier molecular flexibility index (Phi) is 4.38. The Morgan fingerprint density at radius 1 is 0.893 bits per heavy atom. The molecule has 0 radical (unpaired) electrons. The number of nitrogens with zero attached hydrogens (tertiary/aromatic N) is 5. The van der Waals surface area contributed by atoms with Gasteiger partial charge in [0, 0.05) is 0 Å². The maximum Gasteiger partial charge on any atom is 0.232 e. The van der Waals surface area contributed by atoms with Crippen molar-refractivity contribution >= 4 is 45.4 Å². The van der Waals surface area contributed by atoms with E-state index >= 15 is 0 Å². The van der Waals surface area contributed by atoms with Gasteiger partial charge in [-0.1, -0.05) is 30.3 Å². The summed E-state index contributed by atoms with van der Waals surface area (Å²) in [5.74, 6) is 0.485. The zero-order chi connectivity index (χ0) is 19.5. The molecule has 1 heterocycles. The van der Waals surface area contributed by atoms with Gasteiger partial charge in [0.15, 0.2) is 0 Å². The average Bonchev–Trinajstić information content (AvgIpc) is 2.69. The first-order valence-corrected chi connectivity index (χ1v) is 8.34. The van der Waals surface area contributed by atoms with Gasteiger partial charge in [-0.25, -0.2) is 9.97 Å². The molecule has 0 aliphatic heterocycles. The number of hydrogen-bond donors (Lipinski definition) is 4. The van der Waals surface area contributed by atoms with Crippen molar-refractivity contribution in [2.75, 3.05) is 16.8 Å². The van der Waals surface area contributed by atoms with E-state index in [-0.39, 0.29) is 17.6 Å². The largest absolute Gasteiger partial charge is 0.507 e. The van der Waals surface area contributed by atoms with E-state index in [4.69, 9.17) is 11.5 Å². The molecular formula is C19H16N8O. The van der Waals surface area contributed by atoms with E-state index < -0.39 is 0 Å². The van der Waals surface area contributed by atoms with Gasteiger partial charge < -0.3 is 21.9 Å². The number of rotatable bonds is 4. The summed E-state index contributed by atoms with van der Waals surface area (Å²) < 4.78 is 0. The van der Waals surface area contributed by atoms with Crippen LogP contribution in [0.1, 0.15) is 0 Å². The van der Waals surface area contributed by atoms with Crippen LogP contribution >= 0.6 is 0 Å². The van der Waals surface area contributed by atoms with Crippen molar-refractivity contribution in [1.82, 2.24) is 15.0 Å². The van der Waals surface area contributed by atoms with E-state index in [1.807, 2.05) is 24.3 Å². The molecule has 9 heteroatoms. The normalized spacial score (nSPS) is 11.1. The minimum absolute atomic E-state index is 0.0887. The van der Waals surface area contributed by atoms with Crippen LogP contribution in [0.2, 0.25) is 0 Å². The highest BCUT2D eigenvalue weighted by Crippen LogP contribution is 2.39. The van der Waals surface area contributed by atoms with Crippen molar-refractivity contribution in [3.63, 3.8) is 0 Å². The lowest BCUT2D eigenvalue weighted by atomic mass is 10.1. The van der Waals surface area contributed by atoms with Gasteiger partial charge in [0.1, 0.15) is 23.5 Å². The summed E-state index contributed by atoms with van der Waals surface area (Å²) >= 11 is 0. The number of para-hydroxylation sites is 1. The Morgan fingerprint density at radius 3 is 2.61 bits per heavy atom. The molecule has 138 valence electrons. The van der Waals surface area contributed by atoms with Crippen LogP contribution in [0.4, 0.5) is 34.6 Å². The average molecular weight is 372 g/mol. The molecule has 0 saturated carbocycles. The van der Waals surface area contributed by atoms with Gasteiger partial charge in [0.05, 0.1) is 16.8 Å². The topological polar surface area (TPSA) is 148 Å². The van der Waals surface area contributed by atoms with Crippen LogP contribution in [0, 0.1) is 0 Å². The van der Waals surface area contributed by atoms with Crippen LogP contribution < -0.4 is 16.8 Å². The van der Waals surface area contributed by atoms with Crippen molar-refractivity contribution in [3.8, 4) is 5.75 Å². The highest BCUT2D eigenvalue weighted by molar-refractivity contribution is 6.01. The summed E-state index contributed by atoms with van der Waals surface area (Å²) in [6.45, 7) is 0. The van der Waals surface area contributed by atoms with Crippen LogP contribution in [0.15, 0.2) is 71.2 Å². The number of benzene rings is 3. The molecule has 0 bridgehead atoms. The Bertz CT molecular complexity index is 1190. The van der Waals surface area contributed by atoms with Gasteiger partial charge >= 0.3 is 0 Å². The zero-order valence-corrected chi connectivity index (χ0v) is 14.6. The van der Waals surface area contributed by atoms with Crippen LogP contribution in [0.3, 0.4) is 0 Å². The predicted octanol–water partition coefficient (Wildman–Crippen LogP) is 4.05. The first-order chi connectivity index (χ1) is 13.6. The highest BCUT2D eigenvalue weighted by atomic mass is 16.3. The van der Waals surface area contributed by atoms with Crippen molar-refractivity contribution in [2.45, 2.75) is 0 Å². The van der Waals surface area contributed by atoms with Crippen LogP contribution in [-0.4, -0.2) is 20.1 Å². The minimum atomic E-state index is 0.0887. The van der Waals surface area contributed by atoms with Gasteiger partial charge in [-0.15, -0.1) is 10.2 Å². The lowest BCUT2D eigenvalue weighted by Crippen LogP contribution is -2.01. The molecule has 9 nitrogen and oxygen atoms in total. The Hall–Kier alpha value is -4.27. The lowest BCUT2D eigenvalue weighted by molar-refractivity contribution is 0.482. The van der Waals surface area contributed by atoms with E-state index in [9.17, 15) is 5.11 Å². The molecule has 6 N–H and O–H groups in total. The number of hydrogen-bond acceptors (Lipinski definition) is 9. The summed E-state index contributed by atoms with van der Waals surface area (Å²) in [6, 6.07) is 16.0. The number of nitrogen functional groups attached to an aromatic ring is 2. The Labute approximate surface area is 159 Å². The molecule has 0 aliphatic carbocycles. The lowest BCUT2D eigenvalue weighted by Gasteiger charge is -2.08. The van der Waals surface area contributed by atoms with Gasteiger partial charge in [-0.3, -0.25) is 0 Å². The molecule has 4 rings (SSSR count). The zero-order valence-electron chi connectivity index (χ0n) is 14.6. The third-order valence-corrected chi connectivity index (χ3v) is 4.03. The molecule has 0 spiro atoms. The quantitative estimate of drug-likeness (QED) is 0.312. The van der Waals surface area contributed by atoms with Crippen LogP contribution in [-0.2, 0) is 0 Å². The number of phenolic OH excluding ortho intramolecular Hbond substituents is 1. The van der Waals surface area contributed by atoms with Crippen molar-refractivity contribution in [3.05, 3.63) is 60.9 Å². The summed E-state index contributed by atoms with van der Waals surface area (Å²) in [4.78, 5) is 11.8. The first kappa shape index (κ1) is 17.2. The smallest absolute Gasteiger partial charge is 0.232 e. The molecule has 0 amide bonds. The highest BCUT2D eigenvalue weighted by Gasteiger charge is 2.10. The molecule has 0 unspecified atom stereocenters. The first-order valence-electron chi connectivity index (χ1n) is 8.34. The van der Waals surface area contributed by atoms with E-state index in [1.54, 1.807) is 30.3 Å². The minimum Gasteiger partial charge on any atom is -0.507 e.